The van der Waals surface area contributed by atoms with E-state index < -0.39 is 17.7 Å². The molecule has 0 radical (unpaired) electrons. The first-order valence-corrected chi connectivity index (χ1v) is 7.20. The lowest BCUT2D eigenvalue weighted by atomic mass is 9.89. The Morgan fingerprint density at radius 1 is 0.952 bits per heavy atom. The average Bonchev–Trinajstić information content (AvgIpc) is 2.37. The van der Waals surface area contributed by atoms with Crippen LogP contribution in [0.4, 0.5) is 8.78 Å². The highest BCUT2D eigenvalue weighted by Crippen LogP contribution is 2.31. The van der Waals surface area contributed by atoms with Crippen LogP contribution < -0.4 is 5.32 Å². The van der Waals surface area contributed by atoms with Crippen LogP contribution in [-0.4, -0.2) is 6.54 Å². The summed E-state index contributed by atoms with van der Waals surface area (Å²) in [7, 11) is 0. The maximum absolute atomic E-state index is 14.2. The lowest BCUT2D eigenvalue weighted by Crippen LogP contribution is -2.25. The Morgan fingerprint density at radius 2 is 1.48 bits per heavy atom. The van der Waals surface area contributed by atoms with E-state index in [1.165, 1.54) is 18.2 Å². The fraction of sp³-hybridized carbons (Fsp3) is 0.333. The number of rotatable bonds is 4. The molecule has 1 unspecified atom stereocenters. The van der Waals surface area contributed by atoms with Crippen LogP contribution in [0, 0.1) is 32.4 Å². The molecule has 0 amide bonds. The zero-order valence-corrected chi connectivity index (χ0v) is 12.9. The van der Waals surface area contributed by atoms with Crippen LogP contribution in [0.15, 0.2) is 30.3 Å². The summed E-state index contributed by atoms with van der Waals surface area (Å²) in [5.41, 5.74) is 4.28. The molecule has 0 aliphatic carbocycles. The van der Waals surface area contributed by atoms with Gasteiger partial charge in [0, 0.05) is 5.56 Å². The molecule has 1 N–H and O–H groups in total. The van der Waals surface area contributed by atoms with Crippen LogP contribution in [0.5, 0.6) is 0 Å². The SMILES string of the molecule is CCNC(c1c(C)cc(C)cc1C)c1c(F)cccc1F. The maximum atomic E-state index is 14.2. The molecule has 0 spiro atoms. The van der Waals surface area contributed by atoms with E-state index in [0.29, 0.717) is 6.54 Å². The van der Waals surface area contributed by atoms with Gasteiger partial charge in [0.25, 0.3) is 0 Å². The smallest absolute Gasteiger partial charge is 0.131 e. The molecule has 1 nitrogen and oxygen atoms in total. The number of hydrogen-bond acceptors (Lipinski definition) is 1. The molecule has 2 aromatic carbocycles. The molecule has 0 heterocycles. The molecule has 0 fully saturated rings. The molecule has 0 aliphatic rings. The van der Waals surface area contributed by atoms with Gasteiger partial charge in [0.15, 0.2) is 0 Å². The fourth-order valence-electron chi connectivity index (χ4n) is 2.99. The van der Waals surface area contributed by atoms with E-state index in [9.17, 15) is 8.78 Å². The zero-order valence-electron chi connectivity index (χ0n) is 12.9. The Kier molecular flexibility index (Phi) is 4.73. The molecule has 2 rings (SSSR count). The molecule has 112 valence electrons. The van der Waals surface area contributed by atoms with Gasteiger partial charge in [0.05, 0.1) is 6.04 Å². The van der Waals surface area contributed by atoms with Crippen molar-refractivity contribution in [3.8, 4) is 0 Å². The summed E-state index contributed by atoms with van der Waals surface area (Å²) in [6.07, 6.45) is 0. The minimum atomic E-state index is -0.514. The normalized spacial score (nSPS) is 12.5. The van der Waals surface area contributed by atoms with Crippen molar-refractivity contribution in [2.45, 2.75) is 33.7 Å². The minimum Gasteiger partial charge on any atom is -0.306 e. The first-order chi connectivity index (χ1) is 9.95. The third-order valence-electron chi connectivity index (χ3n) is 3.72. The van der Waals surface area contributed by atoms with Crippen molar-refractivity contribution in [1.29, 1.82) is 0 Å². The highest BCUT2D eigenvalue weighted by molar-refractivity contribution is 5.44. The standard InChI is InChI=1S/C18H21F2N/c1-5-21-18(17-14(19)7-6-8-15(17)20)16-12(3)9-11(2)10-13(16)4/h6-10,18,21H,5H2,1-4H3. The highest BCUT2D eigenvalue weighted by Gasteiger charge is 2.24. The van der Waals surface area contributed by atoms with Gasteiger partial charge in [-0.3, -0.25) is 0 Å². The van der Waals surface area contributed by atoms with Crippen LogP contribution in [-0.2, 0) is 0 Å². The van der Waals surface area contributed by atoms with E-state index in [4.69, 9.17) is 0 Å². The predicted molar refractivity (Wildman–Crippen MR) is 82.5 cm³/mol. The summed E-state index contributed by atoms with van der Waals surface area (Å²) in [6, 6.07) is 7.63. The zero-order chi connectivity index (χ0) is 15.6. The van der Waals surface area contributed by atoms with Gasteiger partial charge >= 0.3 is 0 Å². The lowest BCUT2D eigenvalue weighted by molar-refractivity contribution is 0.508. The monoisotopic (exact) mass is 289 g/mol. The molecular weight excluding hydrogens is 268 g/mol. The van der Waals surface area contributed by atoms with Crippen LogP contribution in [0.2, 0.25) is 0 Å². The van der Waals surface area contributed by atoms with E-state index in [0.717, 1.165) is 22.3 Å². The quantitative estimate of drug-likeness (QED) is 0.868. The summed E-state index contributed by atoms with van der Waals surface area (Å²) in [4.78, 5) is 0. The number of aryl methyl sites for hydroxylation is 3. The molecule has 0 bridgehead atoms. The summed E-state index contributed by atoms with van der Waals surface area (Å²) in [5, 5.41) is 3.22. The molecule has 0 saturated heterocycles. The van der Waals surface area contributed by atoms with Gasteiger partial charge in [-0.25, -0.2) is 8.78 Å². The first-order valence-electron chi connectivity index (χ1n) is 7.20. The summed E-state index contributed by atoms with van der Waals surface area (Å²) >= 11 is 0. The number of hydrogen-bond donors (Lipinski definition) is 1. The van der Waals surface area contributed by atoms with Crippen LogP contribution >= 0.6 is 0 Å². The van der Waals surface area contributed by atoms with Gasteiger partial charge in [-0.05, 0) is 56.1 Å². The Labute approximate surface area is 125 Å². The van der Waals surface area contributed by atoms with Crippen LogP contribution in [0.1, 0.15) is 40.8 Å². The van der Waals surface area contributed by atoms with Gasteiger partial charge in [0.2, 0.25) is 0 Å². The van der Waals surface area contributed by atoms with Crippen molar-refractivity contribution in [2.24, 2.45) is 0 Å². The lowest BCUT2D eigenvalue weighted by Gasteiger charge is -2.24. The van der Waals surface area contributed by atoms with Gasteiger partial charge < -0.3 is 5.32 Å². The second kappa shape index (κ2) is 6.35. The second-order valence-electron chi connectivity index (χ2n) is 5.44. The Bertz CT molecular complexity index is 606. The highest BCUT2D eigenvalue weighted by atomic mass is 19.1. The van der Waals surface area contributed by atoms with E-state index in [1.54, 1.807) is 0 Å². The van der Waals surface area contributed by atoms with Crippen molar-refractivity contribution in [1.82, 2.24) is 5.32 Å². The third-order valence-corrected chi connectivity index (χ3v) is 3.72. The summed E-state index contributed by atoms with van der Waals surface area (Å²) in [6.45, 7) is 8.56. The van der Waals surface area contributed by atoms with Crippen molar-refractivity contribution < 1.29 is 8.78 Å². The number of nitrogens with one attached hydrogen (secondary N) is 1. The minimum absolute atomic E-state index is 0.0920. The van der Waals surface area contributed by atoms with Gasteiger partial charge in [-0.15, -0.1) is 0 Å². The van der Waals surface area contributed by atoms with E-state index in [-0.39, 0.29) is 5.56 Å². The molecule has 3 heteroatoms. The van der Waals surface area contributed by atoms with E-state index in [2.05, 4.69) is 5.32 Å². The molecule has 0 aliphatic heterocycles. The van der Waals surface area contributed by atoms with Crippen molar-refractivity contribution >= 4 is 0 Å². The van der Waals surface area contributed by atoms with Gasteiger partial charge in [-0.1, -0.05) is 30.7 Å². The third kappa shape index (κ3) is 3.13. The Balaban J connectivity index is 2.65. The van der Waals surface area contributed by atoms with Gasteiger partial charge in [0.1, 0.15) is 11.6 Å². The molecule has 0 aromatic heterocycles. The molecule has 1 atom stereocenters. The largest absolute Gasteiger partial charge is 0.306 e. The summed E-state index contributed by atoms with van der Waals surface area (Å²) in [5.74, 6) is -1.03. The van der Waals surface area contributed by atoms with Crippen LogP contribution in [0.25, 0.3) is 0 Å². The average molecular weight is 289 g/mol. The summed E-state index contributed by atoms with van der Waals surface area (Å²) < 4.78 is 28.3. The van der Waals surface area contributed by atoms with Crippen molar-refractivity contribution in [3.63, 3.8) is 0 Å². The number of benzene rings is 2. The van der Waals surface area contributed by atoms with Crippen molar-refractivity contribution in [3.05, 3.63) is 69.8 Å². The molecule has 21 heavy (non-hydrogen) atoms. The maximum Gasteiger partial charge on any atom is 0.131 e. The molecule has 0 saturated carbocycles. The van der Waals surface area contributed by atoms with Crippen LogP contribution in [0.3, 0.4) is 0 Å². The molecular formula is C18H21F2N. The van der Waals surface area contributed by atoms with Gasteiger partial charge in [-0.2, -0.15) is 0 Å². The Hall–Kier alpha value is -1.74. The fourth-order valence-corrected chi connectivity index (χ4v) is 2.99. The topological polar surface area (TPSA) is 12.0 Å². The number of halogens is 2. The molecule has 2 aromatic rings. The Morgan fingerprint density at radius 3 is 1.95 bits per heavy atom. The predicted octanol–water partition coefficient (Wildman–Crippen LogP) is 4.59. The van der Waals surface area contributed by atoms with Crippen molar-refractivity contribution in [2.75, 3.05) is 6.54 Å². The van der Waals surface area contributed by atoms with E-state index >= 15 is 0 Å². The van der Waals surface area contributed by atoms with E-state index in [1.807, 2.05) is 39.8 Å². The second-order valence-corrected chi connectivity index (χ2v) is 5.44. The first kappa shape index (κ1) is 15.6.